The Bertz CT molecular complexity index is 641. The molecule has 3 fully saturated rings. The van der Waals surface area contributed by atoms with E-state index in [1.807, 2.05) is 12.1 Å². The van der Waals surface area contributed by atoms with Crippen molar-refractivity contribution >= 4 is 35.6 Å². The molecule has 0 spiro atoms. The highest BCUT2D eigenvalue weighted by Gasteiger charge is 2.34. The predicted octanol–water partition coefficient (Wildman–Crippen LogP) is 3.02. The molecule has 28 heavy (non-hydrogen) atoms. The van der Waals surface area contributed by atoms with E-state index in [4.69, 9.17) is 4.99 Å². The SMILES string of the molecule is CCNC(=NCC1CCN(C2CC2)C1)N1CCN(c2ccc(F)cc2)CC1.I. The molecule has 1 atom stereocenters. The van der Waals surface area contributed by atoms with Crippen molar-refractivity contribution in [3.8, 4) is 0 Å². The van der Waals surface area contributed by atoms with Crippen LogP contribution in [-0.4, -0.2) is 74.2 Å². The number of hydrogen-bond acceptors (Lipinski definition) is 3. The summed E-state index contributed by atoms with van der Waals surface area (Å²) < 4.78 is 13.1. The summed E-state index contributed by atoms with van der Waals surface area (Å²) >= 11 is 0. The van der Waals surface area contributed by atoms with Gasteiger partial charge in [0.05, 0.1) is 0 Å². The summed E-state index contributed by atoms with van der Waals surface area (Å²) in [6.45, 7) is 10.2. The molecule has 0 amide bonds. The number of nitrogens with one attached hydrogen (secondary N) is 1. The molecule has 2 heterocycles. The van der Waals surface area contributed by atoms with Crippen molar-refractivity contribution in [2.75, 3.05) is 57.3 Å². The molecule has 1 aromatic rings. The molecular weight excluding hydrogens is 468 g/mol. The zero-order valence-electron chi connectivity index (χ0n) is 16.8. The van der Waals surface area contributed by atoms with Crippen molar-refractivity contribution in [1.82, 2.24) is 15.1 Å². The third-order valence-corrected chi connectivity index (χ3v) is 5.99. The molecule has 7 heteroatoms. The molecule has 0 aromatic heterocycles. The molecule has 2 saturated heterocycles. The van der Waals surface area contributed by atoms with E-state index in [1.54, 1.807) is 12.1 Å². The Morgan fingerprint density at radius 3 is 2.43 bits per heavy atom. The summed E-state index contributed by atoms with van der Waals surface area (Å²) in [5.41, 5.74) is 1.10. The third-order valence-electron chi connectivity index (χ3n) is 5.99. The Kier molecular flexibility index (Phi) is 7.79. The van der Waals surface area contributed by atoms with Crippen molar-refractivity contribution in [3.63, 3.8) is 0 Å². The van der Waals surface area contributed by atoms with Crippen LogP contribution in [0.5, 0.6) is 0 Å². The third kappa shape index (κ3) is 5.49. The van der Waals surface area contributed by atoms with Crippen LogP contribution < -0.4 is 10.2 Å². The predicted molar refractivity (Wildman–Crippen MR) is 124 cm³/mol. The van der Waals surface area contributed by atoms with Gasteiger partial charge in [0.15, 0.2) is 5.96 Å². The summed E-state index contributed by atoms with van der Waals surface area (Å²) in [7, 11) is 0. The molecule has 1 unspecified atom stereocenters. The largest absolute Gasteiger partial charge is 0.368 e. The molecule has 0 radical (unpaired) electrons. The highest BCUT2D eigenvalue weighted by Crippen LogP contribution is 2.31. The lowest BCUT2D eigenvalue weighted by molar-refractivity contribution is 0.315. The molecule has 1 aromatic carbocycles. The van der Waals surface area contributed by atoms with Crippen LogP contribution in [-0.2, 0) is 0 Å². The average molecular weight is 501 g/mol. The van der Waals surface area contributed by atoms with Gasteiger partial charge < -0.3 is 20.0 Å². The molecule has 0 bridgehead atoms. The quantitative estimate of drug-likeness (QED) is 0.382. The Morgan fingerprint density at radius 1 is 1.07 bits per heavy atom. The fourth-order valence-corrected chi connectivity index (χ4v) is 4.25. The number of likely N-dealkylation sites (tertiary alicyclic amines) is 1. The smallest absolute Gasteiger partial charge is 0.194 e. The van der Waals surface area contributed by atoms with Crippen LogP contribution in [0.2, 0.25) is 0 Å². The Balaban J connectivity index is 0.00000225. The minimum Gasteiger partial charge on any atom is -0.368 e. The van der Waals surface area contributed by atoms with Gasteiger partial charge in [-0.2, -0.15) is 0 Å². The summed E-state index contributed by atoms with van der Waals surface area (Å²) in [6, 6.07) is 7.71. The first-order valence-electron chi connectivity index (χ1n) is 10.5. The lowest BCUT2D eigenvalue weighted by atomic mass is 10.1. The van der Waals surface area contributed by atoms with E-state index in [9.17, 15) is 4.39 Å². The minimum atomic E-state index is -0.175. The maximum atomic E-state index is 13.1. The molecule has 3 aliphatic rings. The van der Waals surface area contributed by atoms with Gasteiger partial charge in [0.2, 0.25) is 0 Å². The van der Waals surface area contributed by atoms with Gasteiger partial charge in [0.25, 0.3) is 0 Å². The number of anilines is 1. The summed E-state index contributed by atoms with van der Waals surface area (Å²) in [6.07, 6.45) is 4.09. The highest BCUT2D eigenvalue weighted by atomic mass is 127. The second-order valence-electron chi connectivity index (χ2n) is 8.03. The van der Waals surface area contributed by atoms with Crippen LogP contribution in [0.4, 0.5) is 10.1 Å². The second-order valence-corrected chi connectivity index (χ2v) is 8.03. The van der Waals surface area contributed by atoms with Crippen molar-refractivity contribution in [1.29, 1.82) is 0 Å². The van der Waals surface area contributed by atoms with Gasteiger partial charge in [0.1, 0.15) is 5.82 Å². The van der Waals surface area contributed by atoms with E-state index in [1.165, 1.54) is 32.4 Å². The van der Waals surface area contributed by atoms with Gasteiger partial charge in [-0.1, -0.05) is 0 Å². The number of benzene rings is 1. The molecule has 5 nitrogen and oxygen atoms in total. The highest BCUT2D eigenvalue weighted by molar-refractivity contribution is 14.0. The molecule has 1 saturated carbocycles. The van der Waals surface area contributed by atoms with Crippen LogP contribution in [0, 0.1) is 11.7 Å². The van der Waals surface area contributed by atoms with Gasteiger partial charge in [-0.25, -0.2) is 4.39 Å². The number of rotatable bonds is 5. The molecule has 1 aliphatic carbocycles. The number of piperazine rings is 1. The van der Waals surface area contributed by atoms with E-state index in [0.717, 1.165) is 57.0 Å². The van der Waals surface area contributed by atoms with Crippen molar-refractivity contribution in [2.45, 2.75) is 32.2 Å². The normalized spacial score (nSPS) is 23.6. The maximum absolute atomic E-state index is 13.1. The van der Waals surface area contributed by atoms with Crippen LogP contribution in [0.25, 0.3) is 0 Å². The standard InChI is InChI=1S/C21H32FN5.HI/c1-2-23-21(24-15-17-9-10-27(16-17)20-7-8-20)26-13-11-25(12-14-26)19-5-3-18(22)4-6-19;/h3-6,17,20H,2,7-16H2,1H3,(H,23,24);1H. The second kappa shape index (κ2) is 10.1. The zero-order valence-corrected chi connectivity index (χ0v) is 19.1. The molecular formula is C21H33FIN5. The van der Waals surface area contributed by atoms with E-state index >= 15 is 0 Å². The number of aliphatic imine (C=N–C) groups is 1. The Morgan fingerprint density at radius 2 is 1.79 bits per heavy atom. The maximum Gasteiger partial charge on any atom is 0.194 e. The number of hydrogen-bond donors (Lipinski definition) is 1. The van der Waals surface area contributed by atoms with Gasteiger partial charge in [-0.3, -0.25) is 4.99 Å². The summed E-state index contributed by atoms with van der Waals surface area (Å²) in [5.74, 6) is 1.59. The van der Waals surface area contributed by atoms with Crippen LogP contribution in [0.15, 0.2) is 29.3 Å². The first-order chi connectivity index (χ1) is 13.2. The van der Waals surface area contributed by atoms with Crippen LogP contribution in [0.3, 0.4) is 0 Å². The van der Waals surface area contributed by atoms with Crippen LogP contribution in [0.1, 0.15) is 26.2 Å². The van der Waals surface area contributed by atoms with Gasteiger partial charge in [0, 0.05) is 57.5 Å². The molecule has 4 rings (SSSR count). The molecule has 2 aliphatic heterocycles. The van der Waals surface area contributed by atoms with E-state index in [0.29, 0.717) is 5.92 Å². The average Bonchev–Trinajstić information content (AvgIpc) is 3.44. The van der Waals surface area contributed by atoms with E-state index in [-0.39, 0.29) is 29.8 Å². The first-order valence-corrected chi connectivity index (χ1v) is 10.5. The minimum absolute atomic E-state index is 0. The Labute approximate surface area is 185 Å². The van der Waals surface area contributed by atoms with Gasteiger partial charge in [-0.15, -0.1) is 24.0 Å². The summed E-state index contributed by atoms with van der Waals surface area (Å²) in [4.78, 5) is 12.3. The van der Waals surface area contributed by atoms with Crippen LogP contribution >= 0.6 is 24.0 Å². The summed E-state index contributed by atoms with van der Waals surface area (Å²) in [5, 5.41) is 3.48. The van der Waals surface area contributed by atoms with Crippen molar-refractivity contribution < 1.29 is 4.39 Å². The fourth-order valence-electron chi connectivity index (χ4n) is 4.25. The number of halogens is 2. The van der Waals surface area contributed by atoms with Gasteiger partial charge in [-0.05, 0) is 62.9 Å². The monoisotopic (exact) mass is 501 g/mol. The zero-order chi connectivity index (χ0) is 18.6. The van der Waals surface area contributed by atoms with Crippen molar-refractivity contribution in [2.24, 2.45) is 10.9 Å². The number of nitrogens with zero attached hydrogens (tertiary/aromatic N) is 4. The van der Waals surface area contributed by atoms with Crippen molar-refractivity contribution in [3.05, 3.63) is 30.1 Å². The lowest BCUT2D eigenvalue weighted by Crippen LogP contribution is -2.52. The van der Waals surface area contributed by atoms with E-state index in [2.05, 4.69) is 26.9 Å². The first kappa shape index (κ1) is 21.6. The molecule has 156 valence electrons. The number of guanidine groups is 1. The van der Waals surface area contributed by atoms with E-state index < -0.39 is 0 Å². The van der Waals surface area contributed by atoms with Gasteiger partial charge >= 0.3 is 0 Å². The molecule has 1 N–H and O–H groups in total. The topological polar surface area (TPSA) is 34.1 Å². The fraction of sp³-hybridized carbons (Fsp3) is 0.667. The lowest BCUT2D eigenvalue weighted by Gasteiger charge is -2.37. The Hall–Kier alpha value is -1.09.